The second kappa shape index (κ2) is 5.26. The van der Waals surface area contributed by atoms with Crippen LogP contribution < -0.4 is 4.90 Å². The Labute approximate surface area is 123 Å². The lowest BCUT2D eigenvalue weighted by atomic mass is 10.1. The first-order valence-corrected chi connectivity index (χ1v) is 6.88. The van der Waals surface area contributed by atoms with E-state index in [0.29, 0.717) is 30.6 Å². The van der Waals surface area contributed by atoms with Gasteiger partial charge in [0.05, 0.1) is 11.9 Å². The molecule has 1 aliphatic heterocycles. The fourth-order valence-electron chi connectivity index (χ4n) is 2.35. The number of piperidine rings is 1. The fourth-order valence-corrected chi connectivity index (χ4v) is 2.65. The van der Waals surface area contributed by atoms with Crippen LogP contribution in [0.3, 0.4) is 0 Å². The molecule has 106 valence electrons. The smallest absolute Gasteiger partial charge is 0.225 e. The van der Waals surface area contributed by atoms with Crippen LogP contribution in [-0.2, 0) is 0 Å². The molecule has 0 spiro atoms. The zero-order valence-corrected chi connectivity index (χ0v) is 11.8. The van der Waals surface area contributed by atoms with E-state index >= 15 is 0 Å². The highest BCUT2D eigenvalue weighted by Gasteiger charge is 2.24. The van der Waals surface area contributed by atoms with Crippen molar-refractivity contribution in [1.29, 1.82) is 0 Å². The minimum Gasteiger partial charge on any atom is -0.353 e. The van der Waals surface area contributed by atoms with Crippen molar-refractivity contribution in [3.63, 3.8) is 0 Å². The van der Waals surface area contributed by atoms with Crippen molar-refractivity contribution in [2.24, 2.45) is 0 Å². The Morgan fingerprint density at radius 1 is 1.30 bits per heavy atom. The normalized spacial score (nSPS) is 19.6. The first kappa shape index (κ1) is 13.7. The molecule has 0 aromatic carbocycles. The number of rotatable bonds is 1. The molecule has 4 nitrogen and oxygen atoms in total. The predicted octanol–water partition coefficient (Wildman–Crippen LogP) is 3.41. The highest BCUT2D eigenvalue weighted by atomic mass is 35.5. The van der Waals surface area contributed by atoms with Crippen LogP contribution in [0.2, 0.25) is 10.4 Å². The highest BCUT2D eigenvalue weighted by molar-refractivity contribution is 6.30. The molecule has 0 saturated carbocycles. The van der Waals surface area contributed by atoms with Gasteiger partial charge in [0.1, 0.15) is 17.5 Å². The molecule has 2 aromatic rings. The number of pyridine rings is 1. The van der Waals surface area contributed by atoms with Gasteiger partial charge in [-0.3, -0.25) is 0 Å². The van der Waals surface area contributed by atoms with E-state index in [2.05, 4.69) is 15.0 Å². The van der Waals surface area contributed by atoms with Gasteiger partial charge in [0.15, 0.2) is 11.0 Å². The third kappa shape index (κ3) is 2.38. The number of nitrogens with zero attached hydrogens (tertiary/aromatic N) is 4. The lowest BCUT2D eigenvalue weighted by Gasteiger charge is -2.30. The van der Waals surface area contributed by atoms with E-state index in [1.165, 1.54) is 6.20 Å². The topological polar surface area (TPSA) is 41.9 Å². The number of aromatic nitrogens is 3. The number of fused-ring (bicyclic) bond motifs is 1. The molecular formula is C12H10Cl2F2N4. The van der Waals surface area contributed by atoms with E-state index < -0.39 is 12.0 Å². The molecule has 1 atom stereocenters. The van der Waals surface area contributed by atoms with Crippen LogP contribution in [0.4, 0.5) is 14.6 Å². The van der Waals surface area contributed by atoms with Gasteiger partial charge < -0.3 is 4.90 Å². The monoisotopic (exact) mass is 318 g/mol. The zero-order valence-electron chi connectivity index (χ0n) is 10.3. The van der Waals surface area contributed by atoms with Crippen molar-refractivity contribution in [3.8, 4) is 0 Å². The molecule has 20 heavy (non-hydrogen) atoms. The minimum absolute atomic E-state index is 0.000909. The van der Waals surface area contributed by atoms with Crippen LogP contribution in [0, 0.1) is 5.82 Å². The summed E-state index contributed by atoms with van der Waals surface area (Å²) in [6.45, 7) is 0.833. The Bertz CT molecular complexity index is 667. The summed E-state index contributed by atoms with van der Waals surface area (Å²) in [6, 6.07) is 0. The second-order valence-electron chi connectivity index (χ2n) is 4.63. The summed E-state index contributed by atoms with van der Waals surface area (Å²) in [7, 11) is 0. The van der Waals surface area contributed by atoms with Crippen LogP contribution >= 0.6 is 23.2 Å². The van der Waals surface area contributed by atoms with Gasteiger partial charge in [-0.25, -0.2) is 18.7 Å². The standard InChI is InChI=1S/C12H10Cl2F2N4/c13-10-8(16)9-7(4-17-10)11(19-12(14)18-9)20-3-1-2-6(15)5-20/h4,6H,1-3,5H2/t6-/m0/s1. The van der Waals surface area contributed by atoms with Gasteiger partial charge in [0, 0.05) is 12.7 Å². The number of hydrogen-bond acceptors (Lipinski definition) is 4. The zero-order chi connectivity index (χ0) is 14.3. The van der Waals surface area contributed by atoms with Crippen LogP contribution in [0.5, 0.6) is 0 Å². The van der Waals surface area contributed by atoms with Gasteiger partial charge in [-0.05, 0) is 24.4 Å². The summed E-state index contributed by atoms with van der Waals surface area (Å²) in [5, 5.41) is 0.000257. The maximum Gasteiger partial charge on any atom is 0.225 e. The molecular weight excluding hydrogens is 309 g/mol. The van der Waals surface area contributed by atoms with Gasteiger partial charge in [0.25, 0.3) is 0 Å². The molecule has 8 heteroatoms. The van der Waals surface area contributed by atoms with E-state index in [0.717, 1.165) is 0 Å². The van der Waals surface area contributed by atoms with Crippen molar-refractivity contribution >= 4 is 39.9 Å². The first-order valence-electron chi connectivity index (χ1n) is 6.12. The summed E-state index contributed by atoms with van der Waals surface area (Å²) in [5.41, 5.74) is 0.000909. The first-order chi connectivity index (χ1) is 9.56. The Balaban J connectivity index is 2.17. The molecule has 1 aliphatic rings. The quantitative estimate of drug-likeness (QED) is 0.597. The van der Waals surface area contributed by atoms with Crippen LogP contribution in [0.25, 0.3) is 10.9 Å². The van der Waals surface area contributed by atoms with Crippen molar-refractivity contribution in [2.75, 3.05) is 18.0 Å². The van der Waals surface area contributed by atoms with Gasteiger partial charge in [-0.1, -0.05) is 11.6 Å². The maximum absolute atomic E-state index is 14.0. The average Bonchev–Trinajstić information content (AvgIpc) is 2.43. The van der Waals surface area contributed by atoms with E-state index in [4.69, 9.17) is 23.2 Å². The van der Waals surface area contributed by atoms with Crippen molar-refractivity contribution in [3.05, 3.63) is 22.5 Å². The summed E-state index contributed by atoms with van der Waals surface area (Å²) in [5.74, 6) is -0.353. The van der Waals surface area contributed by atoms with Gasteiger partial charge in [0.2, 0.25) is 5.28 Å². The average molecular weight is 319 g/mol. The lowest BCUT2D eigenvalue weighted by molar-refractivity contribution is 0.286. The number of halogens is 4. The fraction of sp³-hybridized carbons (Fsp3) is 0.417. The minimum atomic E-state index is -0.933. The molecule has 0 radical (unpaired) electrons. The molecule has 0 aliphatic carbocycles. The third-order valence-corrected chi connectivity index (χ3v) is 3.69. The largest absolute Gasteiger partial charge is 0.353 e. The van der Waals surface area contributed by atoms with Gasteiger partial charge >= 0.3 is 0 Å². The van der Waals surface area contributed by atoms with Crippen LogP contribution in [-0.4, -0.2) is 34.2 Å². The van der Waals surface area contributed by atoms with Gasteiger partial charge in [-0.2, -0.15) is 4.98 Å². The summed E-state index contributed by atoms with van der Waals surface area (Å²) >= 11 is 11.5. The highest BCUT2D eigenvalue weighted by Crippen LogP contribution is 2.30. The number of alkyl halides is 1. The van der Waals surface area contributed by atoms with E-state index in [1.54, 1.807) is 4.90 Å². The number of anilines is 1. The van der Waals surface area contributed by atoms with E-state index in [1.807, 2.05) is 0 Å². The van der Waals surface area contributed by atoms with Gasteiger partial charge in [-0.15, -0.1) is 0 Å². The molecule has 2 aromatic heterocycles. The third-order valence-electron chi connectivity index (χ3n) is 3.26. The van der Waals surface area contributed by atoms with Crippen LogP contribution in [0.15, 0.2) is 6.20 Å². The van der Waals surface area contributed by atoms with Crippen molar-refractivity contribution < 1.29 is 8.78 Å². The summed E-state index contributed by atoms with van der Waals surface area (Å²) in [6.07, 6.45) is 1.67. The summed E-state index contributed by atoms with van der Waals surface area (Å²) < 4.78 is 27.5. The molecule has 0 bridgehead atoms. The maximum atomic E-state index is 14.0. The molecule has 0 N–H and O–H groups in total. The van der Waals surface area contributed by atoms with E-state index in [9.17, 15) is 8.78 Å². The summed E-state index contributed by atoms with van der Waals surface area (Å²) in [4.78, 5) is 13.4. The molecule has 0 amide bonds. The van der Waals surface area contributed by atoms with Crippen LogP contribution in [0.1, 0.15) is 12.8 Å². The van der Waals surface area contributed by atoms with Crippen molar-refractivity contribution in [1.82, 2.24) is 15.0 Å². The molecule has 1 saturated heterocycles. The predicted molar refractivity (Wildman–Crippen MR) is 73.7 cm³/mol. The van der Waals surface area contributed by atoms with Crippen molar-refractivity contribution in [2.45, 2.75) is 19.0 Å². The Kier molecular flexibility index (Phi) is 3.60. The Morgan fingerprint density at radius 2 is 2.10 bits per heavy atom. The van der Waals surface area contributed by atoms with E-state index in [-0.39, 0.29) is 22.5 Å². The molecule has 0 unspecified atom stereocenters. The lowest BCUT2D eigenvalue weighted by Crippen LogP contribution is -2.37. The Hall–Kier alpha value is -1.27. The molecule has 1 fully saturated rings. The molecule has 3 rings (SSSR count). The number of hydrogen-bond donors (Lipinski definition) is 0. The second-order valence-corrected chi connectivity index (χ2v) is 5.32. The molecule has 3 heterocycles. The Morgan fingerprint density at radius 3 is 2.85 bits per heavy atom. The SMILES string of the molecule is Fc1c(Cl)ncc2c(N3CCC[C@H](F)C3)nc(Cl)nc12.